The predicted molar refractivity (Wildman–Crippen MR) is 93.4 cm³/mol. The van der Waals surface area contributed by atoms with Crippen LogP contribution in [0.5, 0.6) is 0 Å². The van der Waals surface area contributed by atoms with Crippen molar-refractivity contribution in [2.24, 2.45) is 0 Å². The first-order chi connectivity index (χ1) is 12.2. The van der Waals surface area contributed by atoms with Gasteiger partial charge in [-0.05, 0) is 18.9 Å². The smallest absolute Gasteiger partial charge is 0.270 e. The second kappa shape index (κ2) is 6.48. The maximum atomic E-state index is 11.0. The number of aromatic nitrogens is 3. The van der Waals surface area contributed by atoms with Crippen molar-refractivity contribution in [2.45, 2.75) is 18.9 Å². The van der Waals surface area contributed by atoms with Gasteiger partial charge in [-0.3, -0.25) is 10.1 Å². The molecule has 8 heteroatoms. The molecule has 0 aliphatic carbocycles. The van der Waals surface area contributed by atoms with Crippen LogP contribution in [-0.2, 0) is 4.74 Å². The molecule has 128 valence electrons. The monoisotopic (exact) mass is 339 g/mol. The van der Waals surface area contributed by atoms with Gasteiger partial charge in [0.15, 0.2) is 0 Å². The fraction of sp³-hybridized carbons (Fsp3) is 0.294. The van der Waals surface area contributed by atoms with E-state index in [9.17, 15) is 10.1 Å². The molecular weight excluding hydrogens is 322 g/mol. The summed E-state index contributed by atoms with van der Waals surface area (Å²) in [5.41, 5.74) is 2.24. The van der Waals surface area contributed by atoms with Gasteiger partial charge in [0.2, 0.25) is 0 Å². The third-order valence-corrected chi connectivity index (χ3v) is 4.31. The van der Waals surface area contributed by atoms with Crippen LogP contribution < -0.4 is 5.32 Å². The average Bonchev–Trinajstić information content (AvgIpc) is 3.29. The van der Waals surface area contributed by atoms with Crippen molar-refractivity contribution >= 4 is 22.5 Å². The van der Waals surface area contributed by atoms with Crippen molar-refractivity contribution in [3.8, 4) is 11.3 Å². The van der Waals surface area contributed by atoms with E-state index < -0.39 is 4.92 Å². The lowest BCUT2D eigenvalue weighted by molar-refractivity contribution is -0.384. The lowest BCUT2D eigenvalue weighted by Gasteiger charge is -2.11. The number of aromatic amines is 1. The van der Waals surface area contributed by atoms with E-state index in [-0.39, 0.29) is 11.8 Å². The molecule has 8 nitrogen and oxygen atoms in total. The number of benzene rings is 1. The van der Waals surface area contributed by atoms with E-state index in [4.69, 9.17) is 4.74 Å². The van der Waals surface area contributed by atoms with E-state index in [0.29, 0.717) is 12.2 Å². The highest BCUT2D eigenvalue weighted by molar-refractivity contribution is 5.91. The zero-order valence-electron chi connectivity index (χ0n) is 13.4. The molecule has 0 radical (unpaired) electrons. The molecule has 2 aromatic heterocycles. The normalized spacial score (nSPS) is 17.0. The number of anilines is 1. The summed E-state index contributed by atoms with van der Waals surface area (Å²) in [7, 11) is 0. The van der Waals surface area contributed by atoms with E-state index in [1.807, 2.05) is 12.1 Å². The van der Waals surface area contributed by atoms with Crippen LogP contribution in [0.15, 0.2) is 36.7 Å². The van der Waals surface area contributed by atoms with E-state index in [1.54, 1.807) is 6.07 Å². The summed E-state index contributed by atoms with van der Waals surface area (Å²) in [6.07, 6.45) is 3.84. The number of H-pyrrole nitrogens is 1. The Hall–Kier alpha value is -3.00. The van der Waals surface area contributed by atoms with Crippen LogP contribution >= 0.6 is 0 Å². The molecule has 0 bridgehead atoms. The first kappa shape index (κ1) is 15.5. The zero-order chi connectivity index (χ0) is 17.2. The minimum absolute atomic E-state index is 0.0546. The fourth-order valence-electron chi connectivity index (χ4n) is 3.04. The molecule has 1 aromatic carbocycles. The average molecular weight is 339 g/mol. The van der Waals surface area contributed by atoms with Crippen LogP contribution in [0.4, 0.5) is 11.5 Å². The van der Waals surface area contributed by atoms with E-state index in [1.165, 1.54) is 18.5 Å². The van der Waals surface area contributed by atoms with Crippen molar-refractivity contribution < 1.29 is 9.66 Å². The molecule has 25 heavy (non-hydrogen) atoms. The first-order valence-electron chi connectivity index (χ1n) is 8.15. The van der Waals surface area contributed by atoms with Crippen LogP contribution in [0.25, 0.3) is 22.3 Å². The number of hydrogen-bond donors (Lipinski definition) is 2. The van der Waals surface area contributed by atoms with Gasteiger partial charge in [0.05, 0.1) is 16.4 Å². The largest absolute Gasteiger partial charge is 0.376 e. The molecule has 4 rings (SSSR count). The third kappa shape index (κ3) is 3.16. The minimum Gasteiger partial charge on any atom is -0.376 e. The Morgan fingerprint density at radius 2 is 2.28 bits per heavy atom. The Morgan fingerprint density at radius 3 is 3.08 bits per heavy atom. The Kier molecular flexibility index (Phi) is 4.02. The number of non-ortho nitro benzene ring substituents is 1. The molecule has 3 aromatic rings. The van der Waals surface area contributed by atoms with Gasteiger partial charge in [0.1, 0.15) is 17.8 Å². The molecule has 1 aliphatic heterocycles. The molecular formula is C17H17N5O3. The minimum atomic E-state index is -0.402. The summed E-state index contributed by atoms with van der Waals surface area (Å²) in [5.74, 6) is 0.730. The summed E-state index contributed by atoms with van der Waals surface area (Å²) in [4.78, 5) is 22.3. The Bertz CT molecular complexity index is 918. The van der Waals surface area contributed by atoms with Crippen molar-refractivity contribution in [3.05, 3.63) is 46.8 Å². The quantitative estimate of drug-likeness (QED) is 0.546. The molecule has 2 N–H and O–H groups in total. The van der Waals surface area contributed by atoms with Gasteiger partial charge in [-0.15, -0.1) is 0 Å². The molecule has 1 saturated heterocycles. The van der Waals surface area contributed by atoms with E-state index >= 15 is 0 Å². The number of fused-ring (bicyclic) bond motifs is 1. The van der Waals surface area contributed by atoms with Crippen molar-refractivity contribution in [1.29, 1.82) is 0 Å². The number of ether oxygens (including phenoxy) is 1. The van der Waals surface area contributed by atoms with Crippen molar-refractivity contribution in [2.75, 3.05) is 18.5 Å². The van der Waals surface area contributed by atoms with Crippen LogP contribution in [0.1, 0.15) is 12.8 Å². The van der Waals surface area contributed by atoms with E-state index in [0.717, 1.165) is 41.9 Å². The highest BCUT2D eigenvalue weighted by atomic mass is 16.6. The summed E-state index contributed by atoms with van der Waals surface area (Å²) in [5, 5.41) is 15.1. The summed E-state index contributed by atoms with van der Waals surface area (Å²) >= 11 is 0. The van der Waals surface area contributed by atoms with Crippen molar-refractivity contribution in [1.82, 2.24) is 15.0 Å². The zero-order valence-corrected chi connectivity index (χ0v) is 13.4. The van der Waals surface area contributed by atoms with Crippen LogP contribution in [0.3, 0.4) is 0 Å². The molecule has 0 amide bonds. The van der Waals surface area contributed by atoms with Crippen LogP contribution in [0.2, 0.25) is 0 Å². The number of hydrogen-bond acceptors (Lipinski definition) is 6. The maximum absolute atomic E-state index is 11.0. The topological polar surface area (TPSA) is 106 Å². The lowest BCUT2D eigenvalue weighted by Crippen LogP contribution is -2.19. The second-order valence-electron chi connectivity index (χ2n) is 5.99. The SMILES string of the molecule is O=[N+]([O-])c1cccc(-c2cc3c(NCC4CCCO4)ncnc3[nH]2)c1. The van der Waals surface area contributed by atoms with Gasteiger partial charge < -0.3 is 15.0 Å². The lowest BCUT2D eigenvalue weighted by atomic mass is 10.1. The van der Waals surface area contributed by atoms with Gasteiger partial charge in [0, 0.05) is 36.5 Å². The van der Waals surface area contributed by atoms with Crippen LogP contribution in [-0.4, -0.2) is 39.1 Å². The number of rotatable bonds is 5. The molecule has 0 spiro atoms. The first-order valence-corrected chi connectivity index (χ1v) is 8.15. The Morgan fingerprint density at radius 1 is 1.36 bits per heavy atom. The van der Waals surface area contributed by atoms with Gasteiger partial charge >= 0.3 is 0 Å². The van der Waals surface area contributed by atoms with Gasteiger partial charge in [-0.25, -0.2) is 9.97 Å². The number of nitro benzene ring substituents is 1. The highest BCUT2D eigenvalue weighted by Crippen LogP contribution is 2.28. The second-order valence-corrected chi connectivity index (χ2v) is 5.99. The van der Waals surface area contributed by atoms with Gasteiger partial charge in [-0.1, -0.05) is 12.1 Å². The third-order valence-electron chi connectivity index (χ3n) is 4.31. The molecule has 0 saturated carbocycles. The van der Waals surface area contributed by atoms with Crippen molar-refractivity contribution in [3.63, 3.8) is 0 Å². The molecule has 1 unspecified atom stereocenters. The number of nitrogens with zero attached hydrogens (tertiary/aromatic N) is 3. The van der Waals surface area contributed by atoms with Gasteiger partial charge in [-0.2, -0.15) is 0 Å². The predicted octanol–water partition coefficient (Wildman–Crippen LogP) is 3.12. The summed E-state index contributed by atoms with van der Waals surface area (Å²) in [6, 6.07) is 8.41. The highest BCUT2D eigenvalue weighted by Gasteiger charge is 2.17. The maximum Gasteiger partial charge on any atom is 0.270 e. The standard InChI is InChI=1S/C17H17N5O3/c23-22(24)12-4-1-3-11(7-12)15-8-14-16(19-10-20-17(14)21-15)18-9-13-5-2-6-25-13/h1,3-4,7-8,10,13H,2,5-6,9H2,(H2,18,19,20,21). The van der Waals surface area contributed by atoms with Gasteiger partial charge in [0.25, 0.3) is 5.69 Å². The van der Waals surface area contributed by atoms with Crippen LogP contribution in [0, 0.1) is 10.1 Å². The molecule has 3 heterocycles. The Balaban J connectivity index is 1.64. The fourth-order valence-corrected chi connectivity index (χ4v) is 3.04. The number of nitro groups is 1. The summed E-state index contributed by atoms with van der Waals surface area (Å²) in [6.45, 7) is 1.51. The Labute approximate surface area is 143 Å². The van der Waals surface area contributed by atoms with E-state index in [2.05, 4.69) is 20.3 Å². The molecule has 1 fully saturated rings. The summed E-state index contributed by atoms with van der Waals surface area (Å²) < 4.78 is 5.62. The number of nitrogens with one attached hydrogen (secondary N) is 2. The molecule has 1 atom stereocenters. The molecule has 1 aliphatic rings.